The van der Waals surface area contributed by atoms with Crippen molar-refractivity contribution in [3.05, 3.63) is 51.9 Å². The minimum Gasteiger partial charge on any atom is -0.252 e. The maximum atomic E-state index is 12.9. The Morgan fingerprint density at radius 3 is 2.65 bits per heavy atom. The Morgan fingerprint density at radius 2 is 1.88 bits per heavy atom. The van der Waals surface area contributed by atoms with E-state index < -0.39 is 0 Å². The fourth-order valence-electron chi connectivity index (χ4n) is 2.26. The van der Waals surface area contributed by atoms with E-state index in [4.69, 9.17) is 0 Å². The highest BCUT2D eigenvalue weighted by Crippen LogP contribution is 2.31. The maximum Gasteiger partial charge on any atom is 0.123 e. The van der Waals surface area contributed by atoms with Crippen molar-refractivity contribution in [2.75, 3.05) is 0 Å². The number of hydrogen-bond donors (Lipinski definition) is 0. The zero-order valence-electron chi connectivity index (χ0n) is 9.21. The number of fused-ring (bicyclic) bond motifs is 1. The van der Waals surface area contributed by atoms with Gasteiger partial charge in [0.05, 0.1) is 5.69 Å². The second-order valence-corrected chi connectivity index (χ2v) is 5.13. The summed E-state index contributed by atoms with van der Waals surface area (Å²) in [6.07, 6.45) is 3.32. The molecule has 0 amide bonds. The van der Waals surface area contributed by atoms with Crippen LogP contribution in [-0.2, 0) is 12.8 Å². The molecule has 1 aliphatic rings. The summed E-state index contributed by atoms with van der Waals surface area (Å²) in [4.78, 5) is 4.66. The van der Waals surface area contributed by atoms with Crippen LogP contribution in [0.2, 0.25) is 0 Å². The van der Waals surface area contributed by atoms with Gasteiger partial charge in [0.15, 0.2) is 0 Å². The average Bonchev–Trinajstić information content (AvgIpc) is 2.78. The van der Waals surface area contributed by atoms with Gasteiger partial charge in [0.2, 0.25) is 0 Å². The Kier molecular flexibility index (Phi) is 2.71. The first kappa shape index (κ1) is 10.9. The first-order valence-corrected chi connectivity index (χ1v) is 6.47. The van der Waals surface area contributed by atoms with Crippen LogP contribution in [0.5, 0.6) is 0 Å². The Balaban J connectivity index is 2.10. The van der Waals surface area contributed by atoms with Crippen LogP contribution in [-0.4, -0.2) is 4.98 Å². The third-order valence-corrected chi connectivity index (χ3v) is 3.84. The standard InChI is InChI=1S/C14H11BrFN/c15-12-8-14(9-4-6-10(16)7-5-9)17-13-3-1-2-11(12)13/h4-8H,1-3H2. The molecule has 2 aromatic rings. The van der Waals surface area contributed by atoms with Gasteiger partial charge in [-0.1, -0.05) is 15.9 Å². The molecule has 0 unspecified atom stereocenters. The molecule has 3 rings (SSSR count). The summed E-state index contributed by atoms with van der Waals surface area (Å²) in [7, 11) is 0. The maximum absolute atomic E-state index is 12.9. The van der Waals surface area contributed by atoms with Crippen molar-refractivity contribution < 1.29 is 4.39 Å². The van der Waals surface area contributed by atoms with Crippen molar-refractivity contribution in [3.63, 3.8) is 0 Å². The van der Waals surface area contributed by atoms with Crippen molar-refractivity contribution in [1.29, 1.82) is 0 Å². The molecular formula is C14H11BrFN. The van der Waals surface area contributed by atoms with Crippen LogP contribution in [0.1, 0.15) is 17.7 Å². The monoisotopic (exact) mass is 291 g/mol. The normalized spacial score (nSPS) is 13.8. The molecule has 0 radical (unpaired) electrons. The Hall–Kier alpha value is -1.22. The molecule has 0 atom stereocenters. The molecule has 0 aliphatic heterocycles. The molecule has 86 valence electrons. The minimum atomic E-state index is -0.214. The Morgan fingerprint density at radius 1 is 1.12 bits per heavy atom. The van der Waals surface area contributed by atoms with Gasteiger partial charge >= 0.3 is 0 Å². The van der Waals surface area contributed by atoms with E-state index in [0.717, 1.165) is 28.6 Å². The van der Waals surface area contributed by atoms with Crippen LogP contribution >= 0.6 is 15.9 Å². The van der Waals surface area contributed by atoms with Gasteiger partial charge in [0.25, 0.3) is 0 Å². The van der Waals surface area contributed by atoms with E-state index in [2.05, 4.69) is 20.9 Å². The lowest BCUT2D eigenvalue weighted by Crippen LogP contribution is -1.93. The fourth-order valence-corrected chi connectivity index (χ4v) is 2.91. The SMILES string of the molecule is Fc1ccc(-c2cc(Br)c3c(n2)CCC3)cc1. The summed E-state index contributed by atoms with van der Waals surface area (Å²) < 4.78 is 14.0. The van der Waals surface area contributed by atoms with Gasteiger partial charge in [-0.15, -0.1) is 0 Å². The van der Waals surface area contributed by atoms with Crippen LogP contribution in [0.3, 0.4) is 0 Å². The molecule has 0 N–H and O–H groups in total. The van der Waals surface area contributed by atoms with E-state index in [9.17, 15) is 4.39 Å². The Bertz CT molecular complexity index is 563. The number of benzene rings is 1. The minimum absolute atomic E-state index is 0.214. The van der Waals surface area contributed by atoms with Crippen molar-refractivity contribution in [2.24, 2.45) is 0 Å². The molecule has 1 aromatic carbocycles. The van der Waals surface area contributed by atoms with Crippen molar-refractivity contribution in [3.8, 4) is 11.3 Å². The average molecular weight is 292 g/mol. The van der Waals surface area contributed by atoms with Gasteiger partial charge < -0.3 is 0 Å². The molecule has 0 fully saturated rings. The lowest BCUT2D eigenvalue weighted by atomic mass is 10.1. The van der Waals surface area contributed by atoms with Crippen molar-refractivity contribution >= 4 is 15.9 Å². The second-order valence-electron chi connectivity index (χ2n) is 4.28. The van der Waals surface area contributed by atoms with E-state index >= 15 is 0 Å². The molecule has 3 heteroatoms. The molecular weight excluding hydrogens is 281 g/mol. The number of halogens is 2. The number of pyridine rings is 1. The highest BCUT2D eigenvalue weighted by atomic mass is 79.9. The molecule has 0 saturated carbocycles. The van der Waals surface area contributed by atoms with Crippen LogP contribution in [0, 0.1) is 5.82 Å². The second kappa shape index (κ2) is 4.22. The van der Waals surface area contributed by atoms with Crippen molar-refractivity contribution in [2.45, 2.75) is 19.3 Å². The van der Waals surface area contributed by atoms with Gasteiger partial charge in [0.1, 0.15) is 5.82 Å². The molecule has 17 heavy (non-hydrogen) atoms. The first-order chi connectivity index (χ1) is 8.24. The first-order valence-electron chi connectivity index (χ1n) is 5.68. The van der Waals surface area contributed by atoms with E-state index in [-0.39, 0.29) is 5.82 Å². The summed E-state index contributed by atoms with van der Waals surface area (Å²) in [5.74, 6) is -0.214. The number of aromatic nitrogens is 1. The number of rotatable bonds is 1. The number of hydrogen-bond acceptors (Lipinski definition) is 1. The van der Waals surface area contributed by atoms with Gasteiger partial charge in [-0.05, 0) is 55.2 Å². The summed E-state index contributed by atoms with van der Waals surface area (Å²) in [5.41, 5.74) is 4.38. The van der Waals surface area contributed by atoms with Crippen molar-refractivity contribution in [1.82, 2.24) is 4.98 Å². The van der Waals surface area contributed by atoms with E-state index in [0.29, 0.717) is 0 Å². The van der Waals surface area contributed by atoms with Gasteiger partial charge in [-0.25, -0.2) is 4.39 Å². The third kappa shape index (κ3) is 2.00. The molecule has 1 heterocycles. The summed E-state index contributed by atoms with van der Waals surface area (Å²) in [6.45, 7) is 0. The van der Waals surface area contributed by atoms with E-state index in [1.807, 2.05) is 6.07 Å². The van der Waals surface area contributed by atoms with Crippen LogP contribution < -0.4 is 0 Å². The van der Waals surface area contributed by atoms with E-state index in [1.54, 1.807) is 12.1 Å². The molecule has 0 saturated heterocycles. The molecule has 0 bridgehead atoms. The number of nitrogens with zero attached hydrogens (tertiary/aromatic N) is 1. The largest absolute Gasteiger partial charge is 0.252 e. The van der Waals surface area contributed by atoms with E-state index in [1.165, 1.54) is 29.8 Å². The third-order valence-electron chi connectivity index (χ3n) is 3.14. The quantitative estimate of drug-likeness (QED) is 0.770. The summed E-state index contributed by atoms with van der Waals surface area (Å²) >= 11 is 3.60. The lowest BCUT2D eigenvalue weighted by molar-refractivity contribution is 0.628. The van der Waals surface area contributed by atoms with Gasteiger partial charge in [-0.2, -0.15) is 0 Å². The van der Waals surface area contributed by atoms with Gasteiger partial charge in [-0.3, -0.25) is 4.98 Å². The topological polar surface area (TPSA) is 12.9 Å². The van der Waals surface area contributed by atoms with Crippen LogP contribution in [0.15, 0.2) is 34.8 Å². The molecule has 0 spiro atoms. The van der Waals surface area contributed by atoms with Gasteiger partial charge in [0, 0.05) is 15.7 Å². The Labute approximate surface area is 108 Å². The fraction of sp³-hybridized carbons (Fsp3) is 0.214. The summed E-state index contributed by atoms with van der Waals surface area (Å²) in [6, 6.07) is 8.50. The molecule has 1 aliphatic carbocycles. The smallest absolute Gasteiger partial charge is 0.123 e. The zero-order chi connectivity index (χ0) is 11.8. The predicted octanol–water partition coefficient (Wildman–Crippen LogP) is 4.14. The number of aryl methyl sites for hydroxylation is 1. The highest BCUT2D eigenvalue weighted by molar-refractivity contribution is 9.10. The highest BCUT2D eigenvalue weighted by Gasteiger charge is 2.17. The predicted molar refractivity (Wildman–Crippen MR) is 69.4 cm³/mol. The molecule has 1 nitrogen and oxygen atoms in total. The zero-order valence-corrected chi connectivity index (χ0v) is 10.8. The lowest BCUT2D eigenvalue weighted by Gasteiger charge is -2.07. The van der Waals surface area contributed by atoms with Crippen LogP contribution in [0.4, 0.5) is 4.39 Å². The summed E-state index contributed by atoms with van der Waals surface area (Å²) in [5, 5.41) is 0. The van der Waals surface area contributed by atoms with Crippen LogP contribution in [0.25, 0.3) is 11.3 Å². The molecule has 1 aromatic heterocycles.